The van der Waals surface area contributed by atoms with Crippen LogP contribution in [0.25, 0.3) is 10.2 Å². The largest absolute Gasteiger partial charge is 0.379 e. The summed E-state index contributed by atoms with van der Waals surface area (Å²) >= 11 is 7.86. The molecule has 1 aromatic heterocycles. The number of para-hydroxylation sites is 1. The van der Waals surface area contributed by atoms with Gasteiger partial charge in [-0.2, -0.15) is 4.31 Å². The molecule has 7 nitrogen and oxygen atoms in total. The van der Waals surface area contributed by atoms with Gasteiger partial charge in [-0.1, -0.05) is 23.7 Å². The Hall–Kier alpha value is -2.04. The maximum Gasteiger partial charge on any atom is 0.254 e. The molecule has 168 valence electrons. The fraction of sp³-hybridized carbons (Fsp3) is 0.364. The summed E-state index contributed by atoms with van der Waals surface area (Å²) in [4.78, 5) is 19.9. The Morgan fingerprint density at radius 2 is 1.91 bits per heavy atom. The third-order valence-electron chi connectivity index (χ3n) is 5.88. The van der Waals surface area contributed by atoms with E-state index in [9.17, 15) is 13.2 Å². The molecule has 5 rings (SSSR count). The standard InChI is InChI=1S/C22H22ClN3O4S2/c23-16-8-7-15(14-20(16)32(28,29)25-10-12-30-13-11-25)22(27)26-9-3-5-18(26)21-24-17-4-1-2-6-19(17)31-21/h1-2,4,6-8,14,18H,3,5,9-13H2/t18-/m0/s1. The summed E-state index contributed by atoms with van der Waals surface area (Å²) in [6.07, 6.45) is 1.71. The number of carbonyl (C=O) groups excluding carboxylic acids is 1. The van der Waals surface area contributed by atoms with E-state index in [1.807, 2.05) is 24.3 Å². The van der Waals surface area contributed by atoms with Crippen LogP contribution in [0.1, 0.15) is 34.2 Å². The van der Waals surface area contributed by atoms with Crippen LogP contribution in [0, 0.1) is 0 Å². The van der Waals surface area contributed by atoms with Crippen LogP contribution in [0.3, 0.4) is 0 Å². The van der Waals surface area contributed by atoms with Crippen molar-refractivity contribution in [3.8, 4) is 0 Å². The van der Waals surface area contributed by atoms with Crippen LogP contribution in [0.5, 0.6) is 0 Å². The third kappa shape index (κ3) is 3.92. The van der Waals surface area contributed by atoms with Gasteiger partial charge in [0.2, 0.25) is 10.0 Å². The predicted octanol–water partition coefficient (Wildman–Crippen LogP) is 3.95. The monoisotopic (exact) mass is 491 g/mol. The average Bonchev–Trinajstić information content (AvgIpc) is 3.46. The van der Waals surface area contributed by atoms with E-state index in [4.69, 9.17) is 21.3 Å². The van der Waals surface area contributed by atoms with Crippen LogP contribution in [0.15, 0.2) is 47.4 Å². The number of hydrogen-bond acceptors (Lipinski definition) is 6. The molecule has 3 aromatic rings. The number of halogens is 1. The Labute approximate surface area is 195 Å². The molecule has 2 aromatic carbocycles. The molecule has 2 aliphatic heterocycles. The van der Waals surface area contributed by atoms with Gasteiger partial charge in [-0.25, -0.2) is 13.4 Å². The number of carbonyl (C=O) groups is 1. The molecule has 1 amide bonds. The molecule has 2 fully saturated rings. The van der Waals surface area contributed by atoms with Gasteiger partial charge in [-0.15, -0.1) is 11.3 Å². The molecule has 2 aliphatic rings. The number of aromatic nitrogens is 1. The van der Waals surface area contributed by atoms with Crippen LogP contribution in [0.4, 0.5) is 0 Å². The third-order valence-corrected chi connectivity index (χ3v) is 9.39. The zero-order chi connectivity index (χ0) is 22.3. The quantitative estimate of drug-likeness (QED) is 0.552. The fourth-order valence-electron chi connectivity index (χ4n) is 4.23. The number of likely N-dealkylation sites (tertiary alicyclic amines) is 1. The highest BCUT2D eigenvalue weighted by Gasteiger charge is 2.34. The molecule has 0 spiro atoms. The summed E-state index contributed by atoms with van der Waals surface area (Å²) in [6, 6.07) is 12.3. The number of rotatable bonds is 4. The lowest BCUT2D eigenvalue weighted by molar-refractivity contribution is 0.0727. The van der Waals surface area contributed by atoms with Crippen LogP contribution in [-0.2, 0) is 14.8 Å². The van der Waals surface area contributed by atoms with Crippen molar-refractivity contribution < 1.29 is 17.9 Å². The van der Waals surface area contributed by atoms with Gasteiger partial charge in [0, 0.05) is 25.2 Å². The van der Waals surface area contributed by atoms with E-state index in [0.717, 1.165) is 28.1 Å². The molecular weight excluding hydrogens is 470 g/mol. The molecule has 3 heterocycles. The van der Waals surface area contributed by atoms with Crippen molar-refractivity contribution in [1.82, 2.24) is 14.2 Å². The summed E-state index contributed by atoms with van der Waals surface area (Å²) in [5, 5.41) is 1.02. The fourth-order valence-corrected chi connectivity index (χ4v) is 7.25. The minimum atomic E-state index is -3.81. The number of ether oxygens (including phenoxy) is 1. The van der Waals surface area contributed by atoms with E-state index in [1.54, 1.807) is 22.3 Å². The Morgan fingerprint density at radius 1 is 1.12 bits per heavy atom. The van der Waals surface area contributed by atoms with Gasteiger partial charge in [-0.3, -0.25) is 4.79 Å². The van der Waals surface area contributed by atoms with Crippen molar-refractivity contribution in [2.75, 3.05) is 32.8 Å². The normalized spacial score (nSPS) is 20.2. The SMILES string of the molecule is O=C(c1ccc(Cl)c(S(=O)(=O)N2CCOCC2)c1)N1CCC[C@H]1c1nc2ccccc2s1. The Bertz CT molecular complexity index is 1240. The lowest BCUT2D eigenvalue weighted by Gasteiger charge is -2.27. The smallest absolute Gasteiger partial charge is 0.254 e. The van der Waals surface area contributed by atoms with Crippen LogP contribution < -0.4 is 0 Å². The second-order valence-corrected chi connectivity index (χ2v) is 11.2. The van der Waals surface area contributed by atoms with E-state index in [1.165, 1.54) is 16.4 Å². The van der Waals surface area contributed by atoms with Crippen molar-refractivity contribution in [1.29, 1.82) is 0 Å². The molecule has 0 aliphatic carbocycles. The Morgan fingerprint density at radius 3 is 2.69 bits per heavy atom. The molecule has 10 heteroatoms. The first-order chi connectivity index (χ1) is 15.4. The van der Waals surface area contributed by atoms with Crippen molar-refractivity contribution in [3.05, 3.63) is 58.1 Å². The van der Waals surface area contributed by atoms with Crippen molar-refractivity contribution >= 4 is 49.1 Å². The van der Waals surface area contributed by atoms with E-state index in [-0.39, 0.29) is 35.0 Å². The van der Waals surface area contributed by atoms with Gasteiger partial charge in [0.05, 0.1) is 34.5 Å². The van der Waals surface area contributed by atoms with Crippen LogP contribution in [-0.4, -0.2) is 61.4 Å². The molecule has 0 radical (unpaired) electrons. The first-order valence-corrected chi connectivity index (χ1v) is 13.1. The lowest BCUT2D eigenvalue weighted by Crippen LogP contribution is -2.40. The van der Waals surface area contributed by atoms with E-state index in [2.05, 4.69) is 0 Å². The summed E-state index contributed by atoms with van der Waals surface area (Å²) in [5.41, 5.74) is 1.24. The summed E-state index contributed by atoms with van der Waals surface area (Å²) in [6.45, 7) is 1.82. The van der Waals surface area contributed by atoms with Crippen molar-refractivity contribution in [2.24, 2.45) is 0 Å². The number of morpholine rings is 1. The summed E-state index contributed by atoms with van der Waals surface area (Å²) < 4.78 is 34.0. The molecule has 1 atom stereocenters. The number of nitrogens with zero attached hydrogens (tertiary/aromatic N) is 3. The Kier molecular flexibility index (Phi) is 5.94. The van der Waals surface area contributed by atoms with Crippen molar-refractivity contribution in [2.45, 2.75) is 23.8 Å². The van der Waals surface area contributed by atoms with Gasteiger partial charge in [0.1, 0.15) is 9.90 Å². The van der Waals surface area contributed by atoms with Gasteiger partial charge >= 0.3 is 0 Å². The second-order valence-electron chi connectivity index (χ2n) is 7.84. The molecular formula is C22H22ClN3O4S2. The van der Waals surface area contributed by atoms with Crippen LogP contribution in [0.2, 0.25) is 5.02 Å². The first kappa shape index (κ1) is 21.8. The minimum absolute atomic E-state index is 0.0392. The number of thiazole rings is 1. The first-order valence-electron chi connectivity index (χ1n) is 10.5. The highest BCUT2D eigenvalue weighted by molar-refractivity contribution is 7.89. The number of sulfonamides is 1. The molecule has 0 N–H and O–H groups in total. The van der Waals surface area contributed by atoms with Crippen LogP contribution >= 0.6 is 22.9 Å². The molecule has 0 bridgehead atoms. The molecule has 0 unspecified atom stereocenters. The maximum absolute atomic E-state index is 13.4. The van der Waals surface area contributed by atoms with Gasteiger partial charge in [-0.05, 0) is 43.2 Å². The average molecular weight is 492 g/mol. The summed E-state index contributed by atoms with van der Waals surface area (Å²) in [5.74, 6) is -0.207. The Balaban J connectivity index is 1.45. The summed E-state index contributed by atoms with van der Waals surface area (Å²) in [7, 11) is -3.81. The predicted molar refractivity (Wildman–Crippen MR) is 124 cm³/mol. The molecule has 0 saturated carbocycles. The number of benzene rings is 2. The highest BCUT2D eigenvalue weighted by Crippen LogP contribution is 2.37. The van der Waals surface area contributed by atoms with E-state index >= 15 is 0 Å². The second kappa shape index (κ2) is 8.72. The van der Waals surface area contributed by atoms with E-state index < -0.39 is 10.0 Å². The van der Waals surface area contributed by atoms with Gasteiger partial charge in [0.25, 0.3) is 5.91 Å². The number of fused-ring (bicyclic) bond motifs is 1. The lowest BCUT2D eigenvalue weighted by atomic mass is 10.1. The zero-order valence-electron chi connectivity index (χ0n) is 17.2. The van der Waals surface area contributed by atoms with Gasteiger partial charge in [0.15, 0.2) is 0 Å². The number of hydrogen-bond donors (Lipinski definition) is 0. The maximum atomic E-state index is 13.4. The van der Waals surface area contributed by atoms with Gasteiger partial charge < -0.3 is 9.64 Å². The minimum Gasteiger partial charge on any atom is -0.379 e. The topological polar surface area (TPSA) is 79.8 Å². The molecule has 32 heavy (non-hydrogen) atoms. The van der Waals surface area contributed by atoms with Crippen molar-refractivity contribution in [3.63, 3.8) is 0 Å². The highest BCUT2D eigenvalue weighted by atomic mass is 35.5. The zero-order valence-corrected chi connectivity index (χ0v) is 19.6. The number of amides is 1. The molecule has 2 saturated heterocycles. The van der Waals surface area contributed by atoms with E-state index in [0.29, 0.717) is 25.3 Å².